The molecule has 1 saturated heterocycles. The van der Waals surface area contributed by atoms with Crippen molar-refractivity contribution in [3.8, 4) is 11.5 Å². The van der Waals surface area contributed by atoms with E-state index in [1.807, 2.05) is 22.6 Å². The second-order valence-corrected chi connectivity index (χ2v) is 10.2. The maximum absolute atomic E-state index is 13.3. The Morgan fingerprint density at radius 3 is 2.36 bits per heavy atom. The van der Waals surface area contributed by atoms with Gasteiger partial charge in [0.05, 0.1) is 28.5 Å². The van der Waals surface area contributed by atoms with Gasteiger partial charge in [0.15, 0.2) is 18.1 Å². The van der Waals surface area contributed by atoms with Crippen LogP contribution in [0.25, 0.3) is 6.08 Å². The Hall–Kier alpha value is -4.43. The zero-order valence-corrected chi connectivity index (χ0v) is 25.1. The van der Waals surface area contributed by atoms with Crippen LogP contribution in [0.2, 0.25) is 5.02 Å². The van der Waals surface area contributed by atoms with Gasteiger partial charge in [-0.3, -0.25) is 19.7 Å². The summed E-state index contributed by atoms with van der Waals surface area (Å²) in [6, 6.07) is 14.4. The number of hydrogen-bond donors (Lipinski definition) is 2. The summed E-state index contributed by atoms with van der Waals surface area (Å²) >= 11 is 7.87. The molecule has 13 heteroatoms. The van der Waals surface area contributed by atoms with E-state index in [0.29, 0.717) is 25.6 Å². The molecule has 1 heterocycles. The molecule has 3 aromatic rings. The van der Waals surface area contributed by atoms with Crippen molar-refractivity contribution in [1.82, 2.24) is 5.32 Å². The van der Waals surface area contributed by atoms with Crippen molar-refractivity contribution >= 4 is 81.4 Å². The molecule has 0 aromatic heterocycles. The van der Waals surface area contributed by atoms with E-state index in [-0.39, 0.29) is 35.8 Å². The van der Waals surface area contributed by atoms with Crippen LogP contribution in [0, 0.1) is 3.57 Å². The normalized spacial score (nSPS) is 14.0. The van der Waals surface area contributed by atoms with Crippen molar-refractivity contribution in [3.63, 3.8) is 0 Å². The zero-order valence-electron chi connectivity index (χ0n) is 22.2. The lowest BCUT2D eigenvalue weighted by molar-refractivity contribution is -0.122. The molecule has 216 valence electrons. The predicted molar refractivity (Wildman–Crippen MR) is 163 cm³/mol. The van der Waals surface area contributed by atoms with E-state index in [4.69, 9.17) is 21.1 Å². The second kappa shape index (κ2) is 13.5. The molecule has 0 radical (unpaired) electrons. The van der Waals surface area contributed by atoms with Gasteiger partial charge >= 0.3 is 12.0 Å². The fraction of sp³-hybridized carbons (Fsp3) is 0.138. The highest BCUT2D eigenvalue weighted by atomic mass is 127. The number of rotatable bonds is 9. The fourth-order valence-electron chi connectivity index (χ4n) is 3.87. The highest BCUT2D eigenvalue weighted by Crippen LogP contribution is 2.35. The van der Waals surface area contributed by atoms with E-state index in [0.717, 1.165) is 4.90 Å². The van der Waals surface area contributed by atoms with Crippen LogP contribution < -0.4 is 25.0 Å². The van der Waals surface area contributed by atoms with Crippen LogP contribution in [-0.4, -0.2) is 50.0 Å². The van der Waals surface area contributed by atoms with Crippen LogP contribution >= 0.6 is 34.2 Å². The number of ether oxygens (including phenoxy) is 3. The van der Waals surface area contributed by atoms with Crippen molar-refractivity contribution in [3.05, 3.63) is 86.0 Å². The smallest absolute Gasteiger partial charge is 0.337 e. The predicted octanol–water partition coefficient (Wildman–Crippen LogP) is 4.81. The topological polar surface area (TPSA) is 140 Å². The van der Waals surface area contributed by atoms with E-state index >= 15 is 0 Å². The summed E-state index contributed by atoms with van der Waals surface area (Å²) in [5.41, 5.74) is 1.03. The third-order valence-corrected chi connectivity index (χ3v) is 6.82. The largest absolute Gasteiger partial charge is 0.490 e. The molecule has 11 nitrogen and oxygen atoms in total. The van der Waals surface area contributed by atoms with Gasteiger partial charge in [-0.25, -0.2) is 14.5 Å². The number of halogens is 2. The van der Waals surface area contributed by atoms with Gasteiger partial charge in [0, 0.05) is 10.7 Å². The van der Waals surface area contributed by atoms with Crippen LogP contribution in [0.4, 0.5) is 16.2 Å². The van der Waals surface area contributed by atoms with Gasteiger partial charge in [-0.15, -0.1) is 0 Å². The van der Waals surface area contributed by atoms with Gasteiger partial charge in [0.2, 0.25) is 0 Å². The lowest BCUT2D eigenvalue weighted by Gasteiger charge is -2.26. The third-order valence-electron chi connectivity index (χ3n) is 5.77. The van der Waals surface area contributed by atoms with Crippen LogP contribution in [0.3, 0.4) is 0 Å². The number of barbiturate groups is 1. The molecular formula is C29H23ClIN3O8. The Morgan fingerprint density at radius 1 is 1.02 bits per heavy atom. The summed E-state index contributed by atoms with van der Waals surface area (Å²) in [4.78, 5) is 63.5. The number of anilines is 2. The lowest BCUT2D eigenvalue weighted by atomic mass is 10.1. The molecule has 0 aliphatic carbocycles. The minimum atomic E-state index is -0.932. The van der Waals surface area contributed by atoms with E-state index in [1.165, 1.54) is 37.5 Å². The number of esters is 1. The highest BCUT2D eigenvalue weighted by molar-refractivity contribution is 14.1. The number of methoxy groups -OCH3 is 1. The van der Waals surface area contributed by atoms with E-state index in [2.05, 4.69) is 15.4 Å². The van der Waals surface area contributed by atoms with Crippen molar-refractivity contribution < 1.29 is 38.2 Å². The zero-order chi connectivity index (χ0) is 30.4. The van der Waals surface area contributed by atoms with Crippen molar-refractivity contribution in [2.75, 3.05) is 30.5 Å². The Bertz CT molecular complexity index is 1590. The third kappa shape index (κ3) is 7.06. The van der Waals surface area contributed by atoms with Gasteiger partial charge in [-0.1, -0.05) is 11.6 Å². The summed E-state index contributed by atoms with van der Waals surface area (Å²) in [5.74, 6) is -2.14. The summed E-state index contributed by atoms with van der Waals surface area (Å²) in [7, 11) is 1.23. The van der Waals surface area contributed by atoms with Gasteiger partial charge in [-0.05, 0) is 102 Å². The molecule has 0 bridgehead atoms. The Labute approximate surface area is 258 Å². The number of amides is 5. The molecule has 0 atom stereocenters. The van der Waals surface area contributed by atoms with Crippen LogP contribution in [-0.2, 0) is 19.1 Å². The molecule has 5 amide bonds. The van der Waals surface area contributed by atoms with Crippen molar-refractivity contribution in [2.24, 2.45) is 0 Å². The number of urea groups is 1. The summed E-state index contributed by atoms with van der Waals surface area (Å²) < 4.78 is 16.7. The van der Waals surface area contributed by atoms with E-state index < -0.39 is 29.7 Å². The quantitative estimate of drug-likeness (QED) is 0.140. The van der Waals surface area contributed by atoms with Crippen molar-refractivity contribution in [1.29, 1.82) is 0 Å². The minimum absolute atomic E-state index is 0.147. The number of nitrogens with one attached hydrogen (secondary N) is 2. The first-order valence-electron chi connectivity index (χ1n) is 12.4. The Balaban J connectivity index is 1.57. The Kier molecular flexibility index (Phi) is 9.80. The molecule has 1 aliphatic rings. The summed E-state index contributed by atoms with van der Waals surface area (Å²) in [6.07, 6.45) is 1.32. The second-order valence-electron chi connectivity index (χ2n) is 8.60. The molecular weight excluding hydrogens is 681 g/mol. The average Bonchev–Trinajstić information content (AvgIpc) is 2.96. The SMILES string of the molecule is CCOc1cc(/C=C2\C(=O)NC(=O)N(c3ccc(C(=O)OC)cc3)C2=O)cc(I)c1OCC(=O)Nc1ccc(Cl)cc1. The van der Waals surface area contributed by atoms with Crippen molar-refractivity contribution in [2.45, 2.75) is 6.92 Å². The number of hydrogen-bond acceptors (Lipinski definition) is 8. The van der Waals surface area contributed by atoms with Gasteiger partial charge in [0.25, 0.3) is 17.7 Å². The van der Waals surface area contributed by atoms with Crippen LogP contribution in [0.15, 0.2) is 66.2 Å². The Morgan fingerprint density at radius 2 is 1.71 bits per heavy atom. The first kappa shape index (κ1) is 30.5. The molecule has 0 unspecified atom stereocenters. The summed E-state index contributed by atoms with van der Waals surface area (Å²) in [6.45, 7) is 1.72. The van der Waals surface area contributed by atoms with Gasteiger partial charge in [0.1, 0.15) is 5.57 Å². The average molecular weight is 704 g/mol. The van der Waals surface area contributed by atoms with Crippen LogP contribution in [0.1, 0.15) is 22.8 Å². The lowest BCUT2D eigenvalue weighted by Crippen LogP contribution is -2.54. The minimum Gasteiger partial charge on any atom is -0.490 e. The first-order chi connectivity index (χ1) is 20.1. The number of nitrogens with zero attached hydrogens (tertiary/aromatic N) is 1. The number of benzene rings is 3. The fourth-order valence-corrected chi connectivity index (χ4v) is 4.77. The standard InChI is InChI=1S/C29H23ClIN3O8/c1-3-41-23-14-16(13-22(31)25(23)42-15-24(35)32-19-8-6-18(30)7-9-19)12-21-26(36)33-29(39)34(27(21)37)20-10-4-17(5-11-20)28(38)40-2/h4-14H,3,15H2,1-2H3,(H,32,35)(H,33,36,39)/b21-12+. The first-order valence-corrected chi connectivity index (χ1v) is 13.8. The molecule has 1 aliphatic heterocycles. The van der Waals surface area contributed by atoms with Gasteiger partial charge in [-0.2, -0.15) is 0 Å². The molecule has 42 heavy (non-hydrogen) atoms. The molecule has 0 saturated carbocycles. The number of imide groups is 2. The van der Waals surface area contributed by atoms with Crippen LogP contribution in [0.5, 0.6) is 11.5 Å². The maximum Gasteiger partial charge on any atom is 0.337 e. The van der Waals surface area contributed by atoms with E-state index in [1.54, 1.807) is 43.3 Å². The molecule has 3 aromatic carbocycles. The highest BCUT2D eigenvalue weighted by Gasteiger charge is 2.37. The molecule has 1 fully saturated rings. The number of carbonyl (C=O) groups excluding carboxylic acids is 5. The maximum atomic E-state index is 13.3. The molecule has 0 spiro atoms. The molecule has 4 rings (SSSR count). The monoisotopic (exact) mass is 703 g/mol. The number of carbonyl (C=O) groups is 5. The summed E-state index contributed by atoms with van der Waals surface area (Å²) in [5, 5.41) is 5.40. The van der Waals surface area contributed by atoms with E-state index in [9.17, 15) is 24.0 Å². The molecule has 2 N–H and O–H groups in total. The van der Waals surface area contributed by atoms with Gasteiger partial charge < -0.3 is 19.5 Å².